The average Bonchev–Trinajstić information content (AvgIpc) is 2.75. The van der Waals surface area contributed by atoms with Gasteiger partial charge < -0.3 is 15.8 Å². The molecule has 1 aromatic heterocycles. The van der Waals surface area contributed by atoms with Crippen molar-refractivity contribution in [3.05, 3.63) is 34.3 Å². The molecule has 0 unspecified atom stereocenters. The van der Waals surface area contributed by atoms with Crippen molar-refractivity contribution in [1.29, 1.82) is 0 Å². The van der Waals surface area contributed by atoms with E-state index >= 15 is 0 Å². The molecule has 1 aromatic carbocycles. The molecule has 0 amide bonds. The van der Waals surface area contributed by atoms with Crippen LogP contribution in [0.3, 0.4) is 0 Å². The second-order valence-electron chi connectivity index (χ2n) is 4.64. The number of ether oxygens (including phenoxy) is 1. The molecule has 0 fully saturated rings. The molecule has 0 spiro atoms. The van der Waals surface area contributed by atoms with Gasteiger partial charge in [-0.1, -0.05) is 0 Å². The topological polar surface area (TPSA) is 60.2 Å². The number of hydrogen-bond acceptors (Lipinski definition) is 5. The van der Waals surface area contributed by atoms with E-state index in [1.807, 2.05) is 38.2 Å². The summed E-state index contributed by atoms with van der Waals surface area (Å²) in [7, 11) is 0. The summed E-state index contributed by atoms with van der Waals surface area (Å²) in [5.41, 5.74) is 7.53. The second kappa shape index (κ2) is 5.93. The third-order valence-electron chi connectivity index (χ3n) is 2.49. The minimum Gasteiger partial charge on any atom is -0.489 e. The molecule has 102 valence electrons. The lowest BCUT2D eigenvalue weighted by Gasteiger charge is -2.14. The number of thiazole rings is 1. The van der Waals surface area contributed by atoms with Gasteiger partial charge in [0.25, 0.3) is 0 Å². The summed E-state index contributed by atoms with van der Waals surface area (Å²) in [6, 6.07) is 5.73. The van der Waals surface area contributed by atoms with Gasteiger partial charge in [-0.25, -0.2) is 4.98 Å². The quantitative estimate of drug-likeness (QED) is 0.822. The summed E-state index contributed by atoms with van der Waals surface area (Å²) in [4.78, 5) is 5.54. The summed E-state index contributed by atoms with van der Waals surface area (Å²) >= 11 is 1.70. The number of rotatable bonds is 5. The Balaban J connectivity index is 2.04. The van der Waals surface area contributed by atoms with Gasteiger partial charge in [-0.3, -0.25) is 0 Å². The molecule has 3 N–H and O–H groups in total. The number of nitrogens with two attached hydrogens (primary N) is 1. The lowest BCUT2D eigenvalue weighted by atomic mass is 10.2. The van der Waals surface area contributed by atoms with Crippen molar-refractivity contribution in [2.24, 2.45) is 0 Å². The number of nitrogens with one attached hydrogen (secondary N) is 1. The molecule has 0 radical (unpaired) electrons. The van der Waals surface area contributed by atoms with Gasteiger partial charge in [0.15, 0.2) is 0 Å². The Labute approximate surface area is 117 Å². The lowest BCUT2D eigenvalue weighted by molar-refractivity contribution is 0.244. The molecule has 0 atom stereocenters. The van der Waals surface area contributed by atoms with E-state index in [9.17, 15) is 0 Å². The molecule has 1 heterocycles. The Kier molecular flexibility index (Phi) is 4.27. The van der Waals surface area contributed by atoms with Crippen molar-refractivity contribution in [2.45, 2.75) is 33.4 Å². The molecular weight excluding hydrogens is 258 g/mol. The third-order valence-corrected chi connectivity index (χ3v) is 3.40. The van der Waals surface area contributed by atoms with E-state index in [1.165, 1.54) is 4.88 Å². The number of hydrogen-bond donors (Lipinski definition) is 2. The van der Waals surface area contributed by atoms with E-state index in [4.69, 9.17) is 10.5 Å². The van der Waals surface area contributed by atoms with E-state index in [-0.39, 0.29) is 6.10 Å². The molecule has 2 aromatic rings. The minimum absolute atomic E-state index is 0.110. The number of aromatic nitrogens is 1. The largest absolute Gasteiger partial charge is 0.489 e. The van der Waals surface area contributed by atoms with Crippen molar-refractivity contribution < 1.29 is 4.74 Å². The predicted molar refractivity (Wildman–Crippen MR) is 80.8 cm³/mol. The summed E-state index contributed by atoms with van der Waals surface area (Å²) < 4.78 is 5.66. The summed E-state index contributed by atoms with van der Waals surface area (Å²) in [6.45, 7) is 6.73. The fourth-order valence-electron chi connectivity index (χ4n) is 1.66. The van der Waals surface area contributed by atoms with Crippen LogP contribution < -0.4 is 15.8 Å². The van der Waals surface area contributed by atoms with Gasteiger partial charge in [0.05, 0.1) is 18.3 Å². The maximum atomic E-state index is 5.89. The smallest absolute Gasteiger partial charge is 0.144 e. The zero-order valence-corrected chi connectivity index (χ0v) is 12.3. The summed E-state index contributed by atoms with van der Waals surface area (Å²) in [5, 5.41) is 4.40. The first-order chi connectivity index (χ1) is 9.04. The first-order valence-corrected chi connectivity index (χ1v) is 7.07. The van der Waals surface area contributed by atoms with E-state index in [0.29, 0.717) is 12.2 Å². The predicted octanol–water partition coefficient (Wildman–Crippen LogP) is 3.43. The van der Waals surface area contributed by atoms with Crippen LogP contribution in [-0.2, 0) is 6.54 Å². The Morgan fingerprint density at radius 1 is 1.42 bits per heavy atom. The van der Waals surface area contributed by atoms with Crippen molar-refractivity contribution >= 4 is 22.7 Å². The molecular formula is C14H19N3OS. The monoisotopic (exact) mass is 277 g/mol. The van der Waals surface area contributed by atoms with Crippen molar-refractivity contribution in [3.63, 3.8) is 0 Å². The van der Waals surface area contributed by atoms with Gasteiger partial charge in [0.2, 0.25) is 0 Å². The van der Waals surface area contributed by atoms with Crippen LogP contribution in [0.15, 0.2) is 24.4 Å². The number of nitrogen functional groups attached to an aromatic ring is 1. The van der Waals surface area contributed by atoms with Crippen molar-refractivity contribution in [1.82, 2.24) is 4.98 Å². The minimum atomic E-state index is 0.110. The molecule has 0 bridgehead atoms. The summed E-state index contributed by atoms with van der Waals surface area (Å²) in [6.07, 6.45) is 2.00. The highest BCUT2D eigenvalue weighted by atomic mass is 32.1. The van der Waals surface area contributed by atoms with Crippen LogP contribution >= 0.6 is 11.3 Å². The molecule has 0 aliphatic carbocycles. The van der Waals surface area contributed by atoms with Gasteiger partial charge in [-0.05, 0) is 32.9 Å². The molecule has 0 saturated carbocycles. The number of anilines is 2. The Morgan fingerprint density at radius 2 is 2.21 bits per heavy atom. The Hall–Kier alpha value is -1.75. The van der Waals surface area contributed by atoms with Crippen LogP contribution in [0.25, 0.3) is 0 Å². The average molecular weight is 277 g/mol. The van der Waals surface area contributed by atoms with Gasteiger partial charge in [-0.2, -0.15) is 0 Å². The van der Waals surface area contributed by atoms with Gasteiger partial charge in [0.1, 0.15) is 10.8 Å². The third kappa shape index (κ3) is 3.86. The Morgan fingerprint density at radius 3 is 2.84 bits per heavy atom. The first-order valence-electron chi connectivity index (χ1n) is 6.26. The maximum absolute atomic E-state index is 5.89. The van der Waals surface area contributed by atoms with Crippen molar-refractivity contribution in [2.75, 3.05) is 11.1 Å². The number of benzene rings is 1. The van der Waals surface area contributed by atoms with E-state index < -0.39 is 0 Å². The van der Waals surface area contributed by atoms with Gasteiger partial charge >= 0.3 is 0 Å². The van der Waals surface area contributed by atoms with E-state index in [1.54, 1.807) is 11.3 Å². The zero-order chi connectivity index (χ0) is 13.8. The van der Waals surface area contributed by atoms with Crippen molar-refractivity contribution in [3.8, 4) is 5.75 Å². The summed E-state index contributed by atoms with van der Waals surface area (Å²) in [5.74, 6) is 0.718. The molecule has 2 rings (SSSR count). The second-order valence-corrected chi connectivity index (χ2v) is 5.96. The van der Waals surface area contributed by atoms with E-state index in [2.05, 4.69) is 17.2 Å². The number of aryl methyl sites for hydroxylation is 1. The molecule has 0 aliphatic heterocycles. The fraction of sp³-hybridized carbons (Fsp3) is 0.357. The van der Waals surface area contributed by atoms with Crippen LogP contribution in [0.4, 0.5) is 11.4 Å². The first kappa shape index (κ1) is 13.7. The van der Waals surface area contributed by atoms with Gasteiger partial charge in [-0.15, -0.1) is 11.3 Å². The fourth-order valence-corrected chi connectivity index (χ4v) is 2.39. The molecule has 5 heteroatoms. The van der Waals surface area contributed by atoms with Gasteiger partial charge in [0, 0.05) is 22.8 Å². The highest BCUT2D eigenvalue weighted by Crippen LogP contribution is 2.27. The zero-order valence-electron chi connectivity index (χ0n) is 11.4. The normalized spacial score (nSPS) is 10.7. The van der Waals surface area contributed by atoms with Crippen LogP contribution in [0, 0.1) is 6.92 Å². The highest BCUT2D eigenvalue weighted by molar-refractivity contribution is 7.11. The maximum Gasteiger partial charge on any atom is 0.144 e. The van der Waals surface area contributed by atoms with Crippen LogP contribution in [0.2, 0.25) is 0 Å². The standard InChI is InChI=1S/C14H19N3OS/c1-9(2)18-13-6-11(4-5-12(13)15)16-8-14-17-7-10(3)19-14/h4-7,9,16H,8,15H2,1-3H3. The lowest BCUT2D eigenvalue weighted by Crippen LogP contribution is -2.08. The van der Waals surface area contributed by atoms with E-state index in [0.717, 1.165) is 16.4 Å². The van der Waals surface area contributed by atoms with Crippen LogP contribution in [-0.4, -0.2) is 11.1 Å². The number of nitrogens with zero attached hydrogens (tertiary/aromatic N) is 1. The molecule has 0 saturated heterocycles. The molecule has 4 nitrogen and oxygen atoms in total. The van der Waals surface area contributed by atoms with Crippen LogP contribution in [0.5, 0.6) is 5.75 Å². The molecule has 19 heavy (non-hydrogen) atoms. The molecule has 0 aliphatic rings. The SMILES string of the molecule is Cc1cnc(CNc2ccc(N)c(OC(C)C)c2)s1. The van der Waals surface area contributed by atoms with Crippen LogP contribution in [0.1, 0.15) is 23.7 Å². The Bertz CT molecular complexity index is 551. The highest BCUT2D eigenvalue weighted by Gasteiger charge is 2.05.